The van der Waals surface area contributed by atoms with Gasteiger partial charge in [-0.2, -0.15) is 0 Å². The first-order valence-corrected chi connectivity index (χ1v) is 9.63. The van der Waals surface area contributed by atoms with E-state index in [9.17, 15) is 4.79 Å². The van der Waals surface area contributed by atoms with Gasteiger partial charge in [0.05, 0.1) is 17.7 Å². The maximum absolute atomic E-state index is 13.3. The first kappa shape index (κ1) is 18.0. The van der Waals surface area contributed by atoms with E-state index in [0.717, 1.165) is 16.1 Å². The van der Waals surface area contributed by atoms with E-state index in [1.807, 2.05) is 49.4 Å². The minimum atomic E-state index is -0.133. The van der Waals surface area contributed by atoms with E-state index in [0.29, 0.717) is 24.6 Å². The van der Waals surface area contributed by atoms with Crippen molar-refractivity contribution in [3.8, 4) is 5.82 Å². The van der Waals surface area contributed by atoms with Gasteiger partial charge in [0.1, 0.15) is 24.2 Å². The summed E-state index contributed by atoms with van der Waals surface area (Å²) in [5.41, 5.74) is 4.19. The van der Waals surface area contributed by atoms with Crippen LogP contribution in [0.5, 0.6) is 0 Å². The first-order valence-electron chi connectivity index (χ1n) is 8.75. The molecule has 0 unspecified atom stereocenters. The van der Waals surface area contributed by atoms with Gasteiger partial charge >= 0.3 is 0 Å². The van der Waals surface area contributed by atoms with E-state index in [4.69, 9.17) is 0 Å². The highest BCUT2D eigenvalue weighted by atomic mass is 32.1. The Labute approximate surface area is 166 Å². The number of benzene rings is 1. The molecule has 1 aromatic carbocycles. The van der Waals surface area contributed by atoms with Crippen LogP contribution < -0.4 is 0 Å². The summed E-state index contributed by atoms with van der Waals surface area (Å²) in [5, 5.41) is 7.59. The van der Waals surface area contributed by atoms with Gasteiger partial charge in [-0.15, -0.1) is 21.5 Å². The van der Waals surface area contributed by atoms with E-state index in [2.05, 4.69) is 20.2 Å². The number of nitrogens with zero attached hydrogens (tertiary/aromatic N) is 6. The molecule has 0 N–H and O–H groups in total. The SMILES string of the molecule is Cc1ncsc1CN(Cc1ccccc1)C(=O)c1cccc(-n2cnnc2)n1. The van der Waals surface area contributed by atoms with Gasteiger partial charge < -0.3 is 4.90 Å². The molecular formula is C20H18N6OS. The van der Waals surface area contributed by atoms with Gasteiger partial charge in [-0.3, -0.25) is 9.36 Å². The monoisotopic (exact) mass is 390 g/mol. The lowest BCUT2D eigenvalue weighted by Crippen LogP contribution is -2.31. The van der Waals surface area contributed by atoms with Gasteiger partial charge in [-0.05, 0) is 24.6 Å². The highest BCUT2D eigenvalue weighted by Crippen LogP contribution is 2.19. The molecule has 8 heteroatoms. The lowest BCUT2D eigenvalue weighted by Gasteiger charge is -2.22. The van der Waals surface area contributed by atoms with Crippen LogP contribution in [0.2, 0.25) is 0 Å². The third-order valence-electron chi connectivity index (χ3n) is 4.32. The molecule has 140 valence electrons. The molecule has 1 amide bonds. The van der Waals surface area contributed by atoms with Crippen molar-refractivity contribution >= 4 is 17.2 Å². The lowest BCUT2D eigenvalue weighted by atomic mass is 10.2. The van der Waals surface area contributed by atoms with Crippen molar-refractivity contribution in [2.75, 3.05) is 0 Å². The molecule has 0 aliphatic heterocycles. The van der Waals surface area contributed by atoms with Crippen molar-refractivity contribution in [2.24, 2.45) is 0 Å². The van der Waals surface area contributed by atoms with E-state index in [1.54, 1.807) is 45.0 Å². The number of hydrogen-bond acceptors (Lipinski definition) is 6. The molecule has 4 rings (SSSR count). The molecule has 0 fully saturated rings. The normalized spacial score (nSPS) is 10.8. The van der Waals surface area contributed by atoms with Gasteiger partial charge in [0.2, 0.25) is 0 Å². The number of carbonyl (C=O) groups excluding carboxylic acids is 1. The van der Waals surface area contributed by atoms with E-state index in [-0.39, 0.29) is 5.91 Å². The number of pyridine rings is 1. The summed E-state index contributed by atoms with van der Waals surface area (Å²) in [6.07, 6.45) is 3.11. The third-order valence-corrected chi connectivity index (χ3v) is 5.24. The smallest absolute Gasteiger partial charge is 0.273 e. The molecule has 4 aromatic rings. The molecule has 0 saturated carbocycles. The summed E-state index contributed by atoms with van der Waals surface area (Å²) in [4.78, 5) is 25.0. The van der Waals surface area contributed by atoms with Crippen molar-refractivity contribution in [1.29, 1.82) is 0 Å². The molecule has 0 bridgehead atoms. The van der Waals surface area contributed by atoms with Crippen LogP contribution in [0.3, 0.4) is 0 Å². The second-order valence-corrected chi connectivity index (χ2v) is 7.20. The van der Waals surface area contributed by atoms with Crippen LogP contribution in [-0.2, 0) is 13.1 Å². The van der Waals surface area contributed by atoms with Gasteiger partial charge in [-0.1, -0.05) is 36.4 Å². The Bertz CT molecular complexity index is 1060. The van der Waals surface area contributed by atoms with Crippen LogP contribution in [0.15, 0.2) is 66.7 Å². The standard InChI is InChI=1S/C20H18N6OS/c1-15-18(28-14-21-15)11-25(10-16-6-3-2-4-7-16)20(27)17-8-5-9-19(24-17)26-12-22-23-13-26/h2-9,12-14H,10-11H2,1H3. The summed E-state index contributed by atoms with van der Waals surface area (Å²) in [5.74, 6) is 0.469. The second-order valence-electron chi connectivity index (χ2n) is 6.26. The molecule has 0 aliphatic carbocycles. The molecule has 28 heavy (non-hydrogen) atoms. The van der Waals surface area contributed by atoms with Crippen LogP contribution in [0, 0.1) is 6.92 Å². The van der Waals surface area contributed by atoms with Crippen LogP contribution in [0.25, 0.3) is 5.82 Å². The zero-order valence-corrected chi connectivity index (χ0v) is 16.1. The Morgan fingerprint density at radius 3 is 2.54 bits per heavy atom. The number of aryl methyl sites for hydroxylation is 1. The molecule has 0 saturated heterocycles. The second kappa shape index (κ2) is 8.10. The number of hydrogen-bond donors (Lipinski definition) is 0. The van der Waals surface area contributed by atoms with Crippen molar-refractivity contribution in [3.05, 3.63) is 88.5 Å². The molecular weight excluding hydrogens is 372 g/mol. The topological polar surface area (TPSA) is 76.8 Å². The predicted octanol–water partition coefficient (Wildman–Crippen LogP) is 3.27. The van der Waals surface area contributed by atoms with Crippen molar-refractivity contribution in [2.45, 2.75) is 20.0 Å². The molecule has 0 spiro atoms. The summed E-state index contributed by atoms with van der Waals surface area (Å²) in [6, 6.07) is 15.3. The molecule has 0 aliphatic rings. The van der Waals surface area contributed by atoms with Crippen LogP contribution in [0.1, 0.15) is 26.6 Å². The fourth-order valence-corrected chi connectivity index (χ4v) is 3.61. The lowest BCUT2D eigenvalue weighted by molar-refractivity contribution is 0.0725. The zero-order chi connectivity index (χ0) is 19.3. The number of amides is 1. The van der Waals surface area contributed by atoms with Gasteiger partial charge in [0.15, 0.2) is 0 Å². The fourth-order valence-electron chi connectivity index (χ4n) is 2.82. The van der Waals surface area contributed by atoms with Crippen LogP contribution in [0.4, 0.5) is 0 Å². The third kappa shape index (κ3) is 3.96. The predicted molar refractivity (Wildman–Crippen MR) is 106 cm³/mol. The van der Waals surface area contributed by atoms with Crippen molar-refractivity contribution in [1.82, 2.24) is 29.6 Å². The number of rotatable bonds is 6. The Balaban J connectivity index is 1.64. The van der Waals surface area contributed by atoms with Gasteiger partial charge in [0, 0.05) is 11.4 Å². The maximum Gasteiger partial charge on any atom is 0.273 e. The maximum atomic E-state index is 13.3. The molecule has 0 atom stereocenters. The Morgan fingerprint density at radius 1 is 1.04 bits per heavy atom. The molecule has 3 heterocycles. The van der Waals surface area contributed by atoms with E-state index < -0.39 is 0 Å². The molecule has 7 nitrogen and oxygen atoms in total. The van der Waals surface area contributed by atoms with E-state index >= 15 is 0 Å². The largest absolute Gasteiger partial charge is 0.328 e. The number of aromatic nitrogens is 5. The number of carbonyl (C=O) groups is 1. The minimum Gasteiger partial charge on any atom is -0.328 e. The van der Waals surface area contributed by atoms with Crippen LogP contribution in [-0.4, -0.2) is 35.5 Å². The summed E-state index contributed by atoms with van der Waals surface area (Å²) < 4.78 is 1.67. The Hall–Kier alpha value is -3.39. The van der Waals surface area contributed by atoms with E-state index in [1.165, 1.54) is 0 Å². The summed E-state index contributed by atoms with van der Waals surface area (Å²) >= 11 is 1.56. The first-order chi connectivity index (χ1) is 13.7. The Kier molecular flexibility index (Phi) is 5.20. The highest BCUT2D eigenvalue weighted by Gasteiger charge is 2.20. The quantitative estimate of drug-likeness (QED) is 0.505. The molecule has 0 radical (unpaired) electrons. The number of thiazole rings is 1. The highest BCUT2D eigenvalue weighted by molar-refractivity contribution is 7.09. The minimum absolute atomic E-state index is 0.133. The fraction of sp³-hybridized carbons (Fsp3) is 0.150. The summed E-state index contributed by atoms with van der Waals surface area (Å²) in [7, 11) is 0. The zero-order valence-electron chi connectivity index (χ0n) is 15.3. The van der Waals surface area contributed by atoms with Crippen LogP contribution >= 0.6 is 11.3 Å². The summed E-state index contributed by atoms with van der Waals surface area (Å²) in [6.45, 7) is 2.94. The van der Waals surface area contributed by atoms with Crippen molar-refractivity contribution in [3.63, 3.8) is 0 Å². The van der Waals surface area contributed by atoms with Gasteiger partial charge in [0.25, 0.3) is 5.91 Å². The van der Waals surface area contributed by atoms with Gasteiger partial charge in [-0.25, -0.2) is 9.97 Å². The average molecular weight is 390 g/mol. The van der Waals surface area contributed by atoms with Crippen molar-refractivity contribution < 1.29 is 4.79 Å². The average Bonchev–Trinajstić information content (AvgIpc) is 3.40. The molecule has 3 aromatic heterocycles. The Morgan fingerprint density at radius 2 is 1.82 bits per heavy atom.